The predicted molar refractivity (Wildman–Crippen MR) is 74.8 cm³/mol. The highest BCUT2D eigenvalue weighted by molar-refractivity contribution is 7.89. The zero-order chi connectivity index (χ0) is 14.0. The van der Waals surface area contributed by atoms with E-state index in [2.05, 4.69) is 5.32 Å². The number of morpholine rings is 1. The van der Waals surface area contributed by atoms with Crippen molar-refractivity contribution in [2.75, 3.05) is 25.5 Å². The number of hydrogen-bond acceptors (Lipinski definition) is 4. The fraction of sp³-hybridized carbons (Fsp3) is 0.538. The molecule has 1 aliphatic rings. The van der Waals surface area contributed by atoms with Crippen LogP contribution in [0, 0.1) is 0 Å². The summed E-state index contributed by atoms with van der Waals surface area (Å²) in [5, 5.41) is 2.97. The first-order chi connectivity index (χ1) is 8.95. The van der Waals surface area contributed by atoms with Crippen molar-refractivity contribution in [3.05, 3.63) is 24.3 Å². The van der Waals surface area contributed by atoms with Crippen LogP contribution in [0.1, 0.15) is 13.8 Å². The van der Waals surface area contributed by atoms with Crippen LogP contribution < -0.4 is 5.32 Å². The van der Waals surface area contributed by atoms with Crippen molar-refractivity contribution in [2.45, 2.75) is 30.9 Å². The first kappa shape index (κ1) is 14.3. The summed E-state index contributed by atoms with van der Waals surface area (Å²) in [6.07, 6.45) is -0.0671. The van der Waals surface area contributed by atoms with Gasteiger partial charge in [0, 0.05) is 25.3 Å². The average molecular weight is 284 g/mol. The Hall–Kier alpha value is -1.11. The minimum Gasteiger partial charge on any atom is -0.388 e. The minimum atomic E-state index is -3.44. The zero-order valence-electron chi connectivity index (χ0n) is 11.5. The Morgan fingerprint density at radius 2 is 1.89 bits per heavy atom. The lowest BCUT2D eigenvalue weighted by atomic mass is 10.2. The average Bonchev–Trinajstić information content (AvgIpc) is 2.41. The number of sulfonamides is 1. The summed E-state index contributed by atoms with van der Waals surface area (Å²) in [6.45, 7) is 4.59. The van der Waals surface area contributed by atoms with Crippen molar-refractivity contribution in [3.8, 4) is 0 Å². The van der Waals surface area contributed by atoms with Crippen LogP contribution in [0.4, 0.5) is 5.69 Å². The first-order valence-corrected chi connectivity index (χ1v) is 7.80. The molecule has 0 aromatic heterocycles. The van der Waals surface area contributed by atoms with Crippen LogP contribution in [0.25, 0.3) is 0 Å². The summed E-state index contributed by atoms with van der Waals surface area (Å²) in [4.78, 5) is 0.326. The van der Waals surface area contributed by atoms with E-state index in [0.717, 1.165) is 5.69 Å². The molecule has 0 radical (unpaired) electrons. The molecule has 1 fully saturated rings. The van der Waals surface area contributed by atoms with E-state index in [1.807, 2.05) is 13.8 Å². The third-order valence-electron chi connectivity index (χ3n) is 3.30. The summed E-state index contributed by atoms with van der Waals surface area (Å²) in [5.74, 6) is 0. The van der Waals surface area contributed by atoms with Crippen LogP contribution in [-0.2, 0) is 14.8 Å². The van der Waals surface area contributed by atoms with Gasteiger partial charge in [0.05, 0.1) is 17.6 Å². The molecular formula is C13H20N2O3S. The molecule has 0 bridgehead atoms. The van der Waals surface area contributed by atoms with Gasteiger partial charge in [-0.25, -0.2) is 8.42 Å². The Morgan fingerprint density at radius 3 is 2.47 bits per heavy atom. The molecule has 106 valence electrons. The van der Waals surface area contributed by atoms with E-state index in [4.69, 9.17) is 4.74 Å². The molecule has 1 aliphatic heterocycles. The Bertz CT molecular complexity index is 527. The normalized spacial score (nSPS) is 25.2. The van der Waals surface area contributed by atoms with E-state index in [-0.39, 0.29) is 12.1 Å². The second-order valence-corrected chi connectivity index (χ2v) is 6.73. The quantitative estimate of drug-likeness (QED) is 0.914. The molecule has 0 aliphatic carbocycles. The number of rotatable bonds is 3. The number of benzene rings is 1. The summed E-state index contributed by atoms with van der Waals surface area (Å²) < 4.78 is 32.2. The highest BCUT2D eigenvalue weighted by Crippen LogP contribution is 2.23. The Labute approximate surface area is 114 Å². The molecular weight excluding hydrogens is 264 g/mol. The number of hydrogen-bond donors (Lipinski definition) is 1. The number of nitrogens with zero attached hydrogens (tertiary/aromatic N) is 1. The molecule has 19 heavy (non-hydrogen) atoms. The Kier molecular flexibility index (Phi) is 4.13. The van der Waals surface area contributed by atoms with Gasteiger partial charge in [-0.3, -0.25) is 0 Å². The topological polar surface area (TPSA) is 58.6 Å². The second kappa shape index (κ2) is 5.48. The van der Waals surface area contributed by atoms with Crippen LogP contribution >= 0.6 is 0 Å². The van der Waals surface area contributed by atoms with Gasteiger partial charge in [-0.2, -0.15) is 4.31 Å². The largest absolute Gasteiger partial charge is 0.388 e. The number of nitrogens with one attached hydrogen (secondary N) is 1. The standard InChI is InChI=1S/C13H20N2O3S/c1-10-9-18-11(2)8-15(10)19(16,17)13-6-4-12(14-3)5-7-13/h4-7,10-11,14H,8-9H2,1-3H3. The number of anilines is 1. The van der Waals surface area contributed by atoms with Gasteiger partial charge in [-0.05, 0) is 38.1 Å². The van der Waals surface area contributed by atoms with Crippen molar-refractivity contribution in [2.24, 2.45) is 0 Å². The summed E-state index contributed by atoms with van der Waals surface area (Å²) >= 11 is 0. The molecule has 2 rings (SSSR count). The van der Waals surface area contributed by atoms with Gasteiger partial charge < -0.3 is 10.1 Å². The third kappa shape index (κ3) is 2.91. The molecule has 1 aromatic rings. The van der Waals surface area contributed by atoms with Crippen LogP contribution in [0.5, 0.6) is 0 Å². The molecule has 1 saturated heterocycles. The minimum absolute atomic E-state index is 0.0671. The van der Waals surface area contributed by atoms with E-state index in [9.17, 15) is 8.42 Å². The van der Waals surface area contributed by atoms with Crippen molar-refractivity contribution < 1.29 is 13.2 Å². The van der Waals surface area contributed by atoms with E-state index >= 15 is 0 Å². The lowest BCUT2D eigenvalue weighted by molar-refractivity contribution is -0.0170. The molecule has 5 nitrogen and oxygen atoms in total. The SMILES string of the molecule is CNc1ccc(S(=O)(=O)N2CC(C)OCC2C)cc1. The predicted octanol–water partition coefficient (Wildman–Crippen LogP) is 1.53. The van der Waals surface area contributed by atoms with E-state index in [1.165, 1.54) is 4.31 Å². The smallest absolute Gasteiger partial charge is 0.243 e. The molecule has 0 spiro atoms. The van der Waals surface area contributed by atoms with E-state index < -0.39 is 10.0 Å². The van der Waals surface area contributed by atoms with Crippen molar-refractivity contribution in [1.82, 2.24) is 4.31 Å². The van der Waals surface area contributed by atoms with Crippen molar-refractivity contribution in [3.63, 3.8) is 0 Å². The fourth-order valence-electron chi connectivity index (χ4n) is 2.14. The summed E-state index contributed by atoms with van der Waals surface area (Å²) in [5.41, 5.74) is 0.891. The molecule has 6 heteroatoms. The summed E-state index contributed by atoms with van der Waals surface area (Å²) in [6, 6.07) is 6.66. The lowest BCUT2D eigenvalue weighted by Gasteiger charge is -2.35. The molecule has 0 amide bonds. The van der Waals surface area contributed by atoms with Gasteiger partial charge in [0.15, 0.2) is 0 Å². The highest BCUT2D eigenvalue weighted by atomic mass is 32.2. The molecule has 0 saturated carbocycles. The molecule has 1 heterocycles. The maximum absolute atomic E-state index is 12.6. The third-order valence-corrected chi connectivity index (χ3v) is 5.29. The van der Waals surface area contributed by atoms with Crippen LogP contribution in [0.2, 0.25) is 0 Å². The first-order valence-electron chi connectivity index (χ1n) is 6.36. The van der Waals surface area contributed by atoms with Gasteiger partial charge in [0.2, 0.25) is 10.0 Å². The maximum atomic E-state index is 12.6. The van der Waals surface area contributed by atoms with Crippen molar-refractivity contribution in [1.29, 1.82) is 0 Å². The van der Waals surface area contributed by atoms with Gasteiger partial charge in [0.1, 0.15) is 0 Å². The molecule has 2 atom stereocenters. The molecule has 1 N–H and O–H groups in total. The van der Waals surface area contributed by atoms with Gasteiger partial charge in [-0.1, -0.05) is 0 Å². The summed E-state index contributed by atoms with van der Waals surface area (Å²) in [7, 11) is -1.64. The monoisotopic (exact) mass is 284 g/mol. The van der Waals surface area contributed by atoms with Gasteiger partial charge >= 0.3 is 0 Å². The van der Waals surface area contributed by atoms with Gasteiger partial charge in [-0.15, -0.1) is 0 Å². The highest BCUT2D eigenvalue weighted by Gasteiger charge is 2.33. The van der Waals surface area contributed by atoms with Crippen LogP contribution in [0.15, 0.2) is 29.2 Å². The van der Waals surface area contributed by atoms with E-state index in [0.29, 0.717) is 18.0 Å². The van der Waals surface area contributed by atoms with Crippen LogP contribution in [0.3, 0.4) is 0 Å². The second-order valence-electron chi connectivity index (χ2n) is 4.84. The van der Waals surface area contributed by atoms with E-state index in [1.54, 1.807) is 31.3 Å². The van der Waals surface area contributed by atoms with Gasteiger partial charge in [0.25, 0.3) is 0 Å². The Balaban J connectivity index is 2.29. The van der Waals surface area contributed by atoms with Crippen LogP contribution in [-0.4, -0.2) is 45.1 Å². The van der Waals surface area contributed by atoms with Crippen molar-refractivity contribution >= 4 is 15.7 Å². The zero-order valence-corrected chi connectivity index (χ0v) is 12.3. The Morgan fingerprint density at radius 1 is 1.26 bits per heavy atom. The lowest BCUT2D eigenvalue weighted by Crippen LogP contribution is -2.50. The molecule has 2 unspecified atom stereocenters. The fourth-order valence-corrected chi connectivity index (χ4v) is 3.83. The number of ether oxygens (including phenoxy) is 1. The maximum Gasteiger partial charge on any atom is 0.243 e. The molecule has 1 aromatic carbocycles.